The van der Waals surface area contributed by atoms with Crippen molar-refractivity contribution in [3.05, 3.63) is 11.6 Å². The Morgan fingerprint density at radius 2 is 2.11 bits per heavy atom. The summed E-state index contributed by atoms with van der Waals surface area (Å²) in [6.07, 6.45) is 1.89. The maximum absolute atomic E-state index is 13.3. The predicted molar refractivity (Wildman–Crippen MR) is 92.9 cm³/mol. The lowest BCUT2D eigenvalue weighted by Crippen LogP contribution is -2.55. The Hall–Kier alpha value is -1.74. The molecular formula is C18H24O8S. The van der Waals surface area contributed by atoms with Crippen LogP contribution < -0.4 is 0 Å². The molecule has 0 amide bonds. The number of ketones is 1. The SMILES string of the molecule is COC(=O)CC(OS(C)(=O)=O)[C@]12C(=O)C=C(C)C[C@H]1C[C@@H]1OC(=O)CC[C@@H]12. The van der Waals surface area contributed by atoms with Gasteiger partial charge in [0.05, 0.1) is 25.2 Å². The number of allylic oxidation sites excluding steroid dienone is 2. The van der Waals surface area contributed by atoms with Crippen LogP contribution in [0.1, 0.15) is 39.0 Å². The molecule has 8 nitrogen and oxygen atoms in total. The van der Waals surface area contributed by atoms with Gasteiger partial charge in [-0.15, -0.1) is 0 Å². The molecule has 1 saturated carbocycles. The summed E-state index contributed by atoms with van der Waals surface area (Å²) in [5.74, 6) is -1.91. The van der Waals surface area contributed by atoms with E-state index < -0.39 is 39.6 Å². The Bertz CT molecular complexity index is 798. The van der Waals surface area contributed by atoms with E-state index in [0.29, 0.717) is 19.3 Å². The van der Waals surface area contributed by atoms with Gasteiger partial charge in [0.25, 0.3) is 10.1 Å². The van der Waals surface area contributed by atoms with Crippen LogP contribution in [0.25, 0.3) is 0 Å². The van der Waals surface area contributed by atoms with Crippen molar-refractivity contribution >= 4 is 27.8 Å². The minimum absolute atomic E-state index is 0.148. The van der Waals surface area contributed by atoms with Crippen molar-refractivity contribution in [1.82, 2.24) is 0 Å². The van der Waals surface area contributed by atoms with Crippen LogP contribution in [-0.2, 0) is 38.2 Å². The molecule has 150 valence electrons. The van der Waals surface area contributed by atoms with Gasteiger partial charge >= 0.3 is 11.9 Å². The fourth-order valence-corrected chi connectivity index (χ4v) is 5.78. The third-order valence-electron chi connectivity index (χ3n) is 5.97. The van der Waals surface area contributed by atoms with Crippen LogP contribution in [0, 0.1) is 17.3 Å². The number of esters is 2. The Morgan fingerprint density at radius 1 is 1.41 bits per heavy atom. The van der Waals surface area contributed by atoms with Crippen molar-refractivity contribution in [1.29, 1.82) is 0 Å². The fraction of sp³-hybridized carbons (Fsp3) is 0.722. The molecule has 27 heavy (non-hydrogen) atoms. The molecule has 0 radical (unpaired) electrons. The molecule has 0 aromatic heterocycles. The zero-order valence-electron chi connectivity index (χ0n) is 15.6. The average Bonchev–Trinajstić information content (AvgIpc) is 2.86. The van der Waals surface area contributed by atoms with Gasteiger partial charge in [0.15, 0.2) is 5.78 Å². The number of hydrogen-bond acceptors (Lipinski definition) is 8. The van der Waals surface area contributed by atoms with Crippen molar-refractivity contribution < 1.29 is 36.5 Å². The molecule has 2 aliphatic carbocycles. The summed E-state index contributed by atoms with van der Waals surface area (Å²) < 4.78 is 39.4. The number of hydrogen-bond donors (Lipinski definition) is 0. The lowest BCUT2D eigenvalue weighted by molar-refractivity contribution is -0.166. The quantitative estimate of drug-likeness (QED) is 0.499. The molecule has 9 heteroatoms. The van der Waals surface area contributed by atoms with Crippen LogP contribution in [-0.4, -0.2) is 51.7 Å². The molecule has 1 unspecified atom stereocenters. The van der Waals surface area contributed by atoms with E-state index in [9.17, 15) is 22.8 Å². The first-order chi connectivity index (χ1) is 12.6. The number of fused-ring (bicyclic) bond motifs is 3. The van der Waals surface area contributed by atoms with Gasteiger partial charge < -0.3 is 9.47 Å². The second-order valence-corrected chi connectivity index (χ2v) is 9.27. The minimum Gasteiger partial charge on any atom is -0.469 e. The Morgan fingerprint density at radius 3 is 2.74 bits per heavy atom. The normalized spacial score (nSPS) is 34.2. The summed E-state index contributed by atoms with van der Waals surface area (Å²) in [5.41, 5.74) is -0.357. The third kappa shape index (κ3) is 3.54. The Labute approximate surface area is 158 Å². The number of rotatable bonds is 5. The van der Waals surface area contributed by atoms with Crippen LogP contribution in [0.15, 0.2) is 11.6 Å². The highest BCUT2D eigenvalue weighted by molar-refractivity contribution is 7.86. The molecule has 5 atom stereocenters. The number of carbonyl (C=O) groups is 3. The maximum Gasteiger partial charge on any atom is 0.308 e. The van der Waals surface area contributed by atoms with E-state index in [4.69, 9.17) is 13.7 Å². The van der Waals surface area contributed by atoms with Crippen molar-refractivity contribution in [3.63, 3.8) is 0 Å². The lowest BCUT2D eigenvalue weighted by atomic mass is 9.59. The lowest BCUT2D eigenvalue weighted by Gasteiger charge is -2.46. The summed E-state index contributed by atoms with van der Waals surface area (Å²) in [4.78, 5) is 37.1. The summed E-state index contributed by atoms with van der Waals surface area (Å²) in [6.45, 7) is 1.84. The van der Waals surface area contributed by atoms with Crippen LogP contribution in [0.2, 0.25) is 0 Å². The number of methoxy groups -OCH3 is 1. The van der Waals surface area contributed by atoms with Gasteiger partial charge in [-0.1, -0.05) is 5.57 Å². The van der Waals surface area contributed by atoms with Gasteiger partial charge in [-0.25, -0.2) is 0 Å². The van der Waals surface area contributed by atoms with E-state index in [1.165, 1.54) is 13.2 Å². The van der Waals surface area contributed by atoms with Crippen LogP contribution >= 0.6 is 0 Å². The highest BCUT2D eigenvalue weighted by Crippen LogP contribution is 2.60. The molecule has 3 rings (SSSR count). The summed E-state index contributed by atoms with van der Waals surface area (Å²) in [7, 11) is -2.75. The third-order valence-corrected chi connectivity index (χ3v) is 6.55. The molecule has 2 fully saturated rings. The van der Waals surface area contributed by atoms with E-state index in [2.05, 4.69) is 0 Å². The highest BCUT2D eigenvalue weighted by atomic mass is 32.2. The molecule has 0 spiro atoms. The maximum atomic E-state index is 13.3. The van der Waals surface area contributed by atoms with Crippen molar-refractivity contribution in [2.24, 2.45) is 17.3 Å². The number of ether oxygens (including phenoxy) is 2. The zero-order valence-corrected chi connectivity index (χ0v) is 16.4. The van der Waals surface area contributed by atoms with E-state index in [0.717, 1.165) is 11.8 Å². The van der Waals surface area contributed by atoms with Gasteiger partial charge in [0.1, 0.15) is 12.2 Å². The van der Waals surface area contributed by atoms with E-state index in [1.807, 2.05) is 6.92 Å². The molecule has 1 aliphatic heterocycles. The first-order valence-corrected chi connectivity index (χ1v) is 10.8. The monoisotopic (exact) mass is 400 g/mol. The summed E-state index contributed by atoms with van der Waals surface area (Å²) in [6, 6.07) is 0. The van der Waals surface area contributed by atoms with Crippen molar-refractivity contribution in [2.45, 2.75) is 51.2 Å². The molecule has 0 N–H and O–H groups in total. The van der Waals surface area contributed by atoms with Gasteiger partial charge in [-0.2, -0.15) is 8.42 Å². The summed E-state index contributed by atoms with van der Waals surface area (Å²) in [5, 5.41) is 0. The van der Waals surface area contributed by atoms with Crippen molar-refractivity contribution in [2.75, 3.05) is 13.4 Å². The first kappa shape index (κ1) is 20.0. The zero-order chi connectivity index (χ0) is 20.0. The molecular weight excluding hydrogens is 376 g/mol. The van der Waals surface area contributed by atoms with Crippen molar-refractivity contribution in [3.8, 4) is 0 Å². The molecule has 0 aromatic carbocycles. The topological polar surface area (TPSA) is 113 Å². The van der Waals surface area contributed by atoms with E-state index >= 15 is 0 Å². The molecule has 0 bridgehead atoms. The summed E-state index contributed by atoms with van der Waals surface area (Å²) >= 11 is 0. The highest BCUT2D eigenvalue weighted by Gasteiger charge is 2.66. The van der Waals surface area contributed by atoms with Crippen LogP contribution in [0.3, 0.4) is 0 Å². The van der Waals surface area contributed by atoms with Gasteiger partial charge in [-0.05, 0) is 38.2 Å². The number of carbonyl (C=O) groups excluding carboxylic acids is 3. The first-order valence-electron chi connectivity index (χ1n) is 8.94. The van der Waals surface area contributed by atoms with Crippen LogP contribution in [0.4, 0.5) is 0 Å². The minimum atomic E-state index is -3.94. The smallest absolute Gasteiger partial charge is 0.308 e. The van der Waals surface area contributed by atoms with E-state index in [-0.39, 0.29) is 30.5 Å². The molecule has 1 saturated heterocycles. The molecule has 0 aromatic rings. The van der Waals surface area contributed by atoms with Gasteiger partial charge in [0, 0.05) is 12.3 Å². The Balaban J connectivity index is 2.11. The molecule has 3 aliphatic rings. The van der Waals surface area contributed by atoms with Gasteiger partial charge in [0.2, 0.25) is 0 Å². The average molecular weight is 400 g/mol. The second-order valence-electron chi connectivity index (χ2n) is 7.67. The van der Waals surface area contributed by atoms with Gasteiger partial charge in [-0.3, -0.25) is 18.6 Å². The molecule has 1 heterocycles. The van der Waals surface area contributed by atoms with E-state index in [1.54, 1.807) is 0 Å². The Kier molecular flexibility index (Phi) is 5.20. The largest absolute Gasteiger partial charge is 0.469 e. The van der Waals surface area contributed by atoms with Crippen LogP contribution in [0.5, 0.6) is 0 Å². The standard InChI is InChI=1S/C18H24O8S/c1-10-6-11-8-13-12(4-5-16(20)25-13)18(11,14(19)7-10)15(9-17(21)24-2)26-27(3,22)23/h7,11-13,15H,4-6,8-9H2,1-3H3/t11-,12-,13-,15?,18+/m0/s1. The predicted octanol–water partition coefficient (Wildman–Crippen LogP) is 1.14. The second kappa shape index (κ2) is 7.01. The fourth-order valence-electron chi connectivity index (χ4n) is 5.13.